The highest BCUT2D eigenvalue weighted by atomic mass is 127. The minimum Gasteiger partial charge on any atom is -0.380 e. The number of halogens is 2. The van der Waals surface area contributed by atoms with Gasteiger partial charge in [0.15, 0.2) is 5.84 Å². The van der Waals surface area contributed by atoms with Crippen molar-refractivity contribution in [2.45, 2.75) is 41.9 Å². The van der Waals surface area contributed by atoms with E-state index in [0.717, 1.165) is 16.0 Å². The molecular formula is C37H35FIN5O4S. The normalized spacial score (nSPS) is 20.2. The molecule has 1 saturated heterocycles. The fourth-order valence-corrected chi connectivity index (χ4v) is 8.22. The average molecular weight is 792 g/mol. The maximum atomic E-state index is 15.7. The van der Waals surface area contributed by atoms with Crippen LogP contribution >= 0.6 is 33.9 Å². The van der Waals surface area contributed by atoms with Crippen LogP contribution < -0.4 is 16.4 Å². The number of thiophene rings is 1. The molecule has 2 aliphatic rings. The van der Waals surface area contributed by atoms with Crippen LogP contribution in [0.1, 0.15) is 69.7 Å². The fourth-order valence-electron chi connectivity index (χ4n) is 6.37. The molecule has 1 aliphatic carbocycles. The van der Waals surface area contributed by atoms with E-state index >= 15 is 4.39 Å². The van der Waals surface area contributed by atoms with Gasteiger partial charge in [-0.25, -0.2) is 9.18 Å². The van der Waals surface area contributed by atoms with Crippen molar-refractivity contribution in [2.75, 3.05) is 13.1 Å². The van der Waals surface area contributed by atoms with Crippen LogP contribution in [0.15, 0.2) is 102 Å². The summed E-state index contributed by atoms with van der Waals surface area (Å²) in [5.41, 5.74) is 11.3. The molecular weight excluding hydrogens is 756 g/mol. The second kappa shape index (κ2) is 14.1. The number of benzene rings is 3. The van der Waals surface area contributed by atoms with Crippen LogP contribution in [0.25, 0.3) is 11.1 Å². The molecule has 3 aromatic carbocycles. The fraction of sp³-hybridized carbons (Fsp3) is 0.243. The van der Waals surface area contributed by atoms with E-state index in [4.69, 9.17) is 5.73 Å². The number of oxime groups is 1. The molecule has 2 heterocycles. The van der Waals surface area contributed by atoms with Gasteiger partial charge in [-0.3, -0.25) is 9.59 Å². The molecule has 4 aromatic rings. The van der Waals surface area contributed by atoms with Crippen molar-refractivity contribution >= 4 is 57.5 Å². The number of carbonyl (C=O) groups excluding carboxylic acids is 3. The van der Waals surface area contributed by atoms with Gasteiger partial charge < -0.3 is 26.1 Å². The zero-order chi connectivity index (χ0) is 34.9. The summed E-state index contributed by atoms with van der Waals surface area (Å²) < 4.78 is 14.0. The first kappa shape index (κ1) is 34.3. The van der Waals surface area contributed by atoms with E-state index in [1.807, 2.05) is 70.8 Å². The van der Waals surface area contributed by atoms with Crippen molar-refractivity contribution < 1.29 is 23.6 Å². The molecule has 49 heavy (non-hydrogen) atoms. The molecule has 9 nitrogen and oxygen atoms in total. The third kappa shape index (κ3) is 7.11. The molecule has 1 unspecified atom stereocenters. The highest BCUT2D eigenvalue weighted by Crippen LogP contribution is 2.54. The summed E-state index contributed by atoms with van der Waals surface area (Å²) in [6, 6.07) is 23.3. The van der Waals surface area contributed by atoms with Gasteiger partial charge in [-0.2, -0.15) is 0 Å². The molecule has 12 heteroatoms. The van der Waals surface area contributed by atoms with Crippen LogP contribution in [-0.4, -0.2) is 47.7 Å². The van der Waals surface area contributed by atoms with E-state index in [-0.39, 0.29) is 36.2 Å². The summed E-state index contributed by atoms with van der Waals surface area (Å²) in [7, 11) is 0. The van der Waals surface area contributed by atoms with Gasteiger partial charge in [0, 0.05) is 57.6 Å². The number of likely N-dealkylation sites (tertiary alicyclic amines) is 1. The first-order valence-corrected chi connectivity index (χ1v) is 17.7. The number of hydrogen-bond acceptors (Lipinski definition) is 7. The lowest BCUT2D eigenvalue weighted by Crippen LogP contribution is -2.45. The molecule has 4 N–H and O–H groups in total. The van der Waals surface area contributed by atoms with Crippen molar-refractivity contribution in [2.24, 2.45) is 10.9 Å². The Bertz CT molecular complexity index is 1960. The Morgan fingerprint density at radius 2 is 1.80 bits per heavy atom. The lowest BCUT2D eigenvalue weighted by Gasteiger charge is -2.29. The lowest BCUT2D eigenvalue weighted by molar-refractivity contribution is -0.141. The first-order chi connectivity index (χ1) is 23.4. The number of hydrogen-bond donors (Lipinski definition) is 3. The molecule has 4 atom stereocenters. The third-order valence-corrected chi connectivity index (χ3v) is 11.2. The van der Waals surface area contributed by atoms with Crippen LogP contribution in [0, 0.1) is 0 Å². The number of nitrogens with two attached hydrogens (primary N) is 1. The summed E-state index contributed by atoms with van der Waals surface area (Å²) in [6.07, 6.45) is 0.568. The van der Waals surface area contributed by atoms with Gasteiger partial charge >= 0.3 is 5.97 Å². The quantitative estimate of drug-likeness (QED) is 0.0421. The van der Waals surface area contributed by atoms with Crippen LogP contribution in [0.2, 0.25) is 0 Å². The largest absolute Gasteiger partial charge is 0.380 e. The maximum absolute atomic E-state index is 15.7. The Hall–Kier alpha value is -4.56. The molecule has 6 rings (SSSR count). The highest BCUT2D eigenvalue weighted by Gasteiger charge is 2.42. The summed E-state index contributed by atoms with van der Waals surface area (Å²) >= 11 is 3.22. The number of alkyl halides is 2. The maximum Gasteiger partial charge on any atom is 0.332 e. The number of amidine groups is 1. The number of fused-ring (bicyclic) bond motifs is 3. The third-order valence-electron chi connectivity index (χ3n) is 8.88. The smallest absolute Gasteiger partial charge is 0.332 e. The highest BCUT2D eigenvalue weighted by molar-refractivity contribution is 14.1. The second-order valence-corrected chi connectivity index (χ2v) is 14.6. The number of rotatable bonds is 10. The molecule has 1 aliphatic heterocycles. The summed E-state index contributed by atoms with van der Waals surface area (Å²) in [4.78, 5) is 45.8. The van der Waals surface area contributed by atoms with Crippen molar-refractivity contribution in [3.05, 3.63) is 129 Å². The first-order valence-electron chi connectivity index (χ1n) is 15.7. The molecule has 0 radical (unpaired) electrons. The van der Waals surface area contributed by atoms with Crippen molar-refractivity contribution in [3.63, 3.8) is 0 Å². The zero-order valence-electron chi connectivity index (χ0n) is 26.9. The Balaban J connectivity index is 1.15. The van der Waals surface area contributed by atoms with E-state index in [0.29, 0.717) is 46.5 Å². The summed E-state index contributed by atoms with van der Waals surface area (Å²) in [5.74, 6) is -0.913. The van der Waals surface area contributed by atoms with Crippen LogP contribution in [0.5, 0.6) is 0 Å². The van der Waals surface area contributed by atoms with Gasteiger partial charge in [-0.05, 0) is 70.8 Å². The molecule has 0 spiro atoms. The Morgan fingerprint density at radius 3 is 2.55 bits per heavy atom. The Kier molecular flexibility index (Phi) is 9.89. The number of nitrogens with zero attached hydrogens (tertiary/aromatic N) is 2. The van der Waals surface area contributed by atoms with Gasteiger partial charge in [0.1, 0.15) is 6.04 Å². The van der Waals surface area contributed by atoms with E-state index in [9.17, 15) is 14.4 Å². The van der Waals surface area contributed by atoms with Gasteiger partial charge in [-0.1, -0.05) is 72.4 Å². The molecule has 1 fully saturated rings. The van der Waals surface area contributed by atoms with Crippen molar-refractivity contribution in [3.8, 4) is 11.1 Å². The van der Waals surface area contributed by atoms with Crippen LogP contribution in [-0.2, 0) is 18.1 Å². The van der Waals surface area contributed by atoms with E-state index in [1.54, 1.807) is 35.7 Å². The second-order valence-electron chi connectivity index (χ2n) is 12.2. The van der Waals surface area contributed by atoms with E-state index in [2.05, 4.69) is 39.3 Å². The number of carbonyl (C=O) groups is 3. The van der Waals surface area contributed by atoms with Gasteiger partial charge in [-0.15, -0.1) is 11.3 Å². The van der Waals surface area contributed by atoms with Crippen molar-refractivity contribution in [1.29, 1.82) is 0 Å². The van der Waals surface area contributed by atoms with Gasteiger partial charge in [0.2, 0.25) is 9.58 Å². The SMILES string of the molecule is C=C(CNC(=O)c1ccc2c(c1)-c1ccccc1C2(F)I)N1C[C@H](c2ccccc2)C[C@H]1C(=O)N[C@H](C)c1cc(C(N)=NOC(C)=O)cs1. The number of amides is 2. The topological polar surface area (TPSA) is 126 Å². The molecule has 0 bridgehead atoms. The van der Waals surface area contributed by atoms with Crippen LogP contribution in [0.3, 0.4) is 0 Å². The molecule has 0 saturated carbocycles. The number of nitrogens with one attached hydrogen (secondary N) is 2. The Labute approximate surface area is 301 Å². The lowest BCUT2D eigenvalue weighted by atomic mass is 9.96. The van der Waals surface area contributed by atoms with Gasteiger partial charge in [0.25, 0.3) is 5.91 Å². The molecule has 252 valence electrons. The van der Waals surface area contributed by atoms with E-state index in [1.165, 1.54) is 18.3 Å². The summed E-state index contributed by atoms with van der Waals surface area (Å²) in [5, 5.41) is 11.5. The predicted octanol–water partition coefficient (Wildman–Crippen LogP) is 6.50. The molecule has 2 amide bonds. The van der Waals surface area contributed by atoms with Crippen molar-refractivity contribution in [1.82, 2.24) is 15.5 Å². The standard InChI is InChI=1S/C37H35FIN5O4S/c1-21(18-41-35(46)25-13-14-31-29(15-25)28-11-7-8-12-30(28)37(31,38)39)44-19-26(24-9-5-4-6-10-24)16-32(44)36(47)42-22(2)33-17-27(20-49-33)34(40)43-48-23(3)45/h4-15,17,20,22,26,32H,1,16,18-19H2,2-3H3,(H2,40,43)(H,41,46)(H,42,47)/t22-,26-,32+,37?/m1/s1. The van der Waals surface area contributed by atoms with E-state index < -0.39 is 15.7 Å². The van der Waals surface area contributed by atoms with Crippen LogP contribution in [0.4, 0.5) is 4.39 Å². The monoisotopic (exact) mass is 791 g/mol. The average Bonchev–Trinajstić information content (AvgIpc) is 3.83. The minimum absolute atomic E-state index is 0.0625. The minimum atomic E-state index is -1.66. The van der Waals surface area contributed by atoms with Gasteiger partial charge in [0.05, 0.1) is 12.6 Å². The predicted molar refractivity (Wildman–Crippen MR) is 197 cm³/mol. The zero-order valence-corrected chi connectivity index (χ0v) is 29.9. The Morgan fingerprint density at radius 1 is 1.08 bits per heavy atom. The summed E-state index contributed by atoms with van der Waals surface area (Å²) in [6.45, 7) is 8.09. The molecule has 1 aromatic heterocycles.